The second kappa shape index (κ2) is 4.56. The molecule has 0 fully saturated rings. The van der Waals surface area contributed by atoms with Crippen molar-refractivity contribution in [1.29, 1.82) is 0 Å². The summed E-state index contributed by atoms with van der Waals surface area (Å²) in [5.41, 5.74) is 3.40. The smallest absolute Gasteiger partial charge is 0.328 e. The number of nitrogens with zero attached hydrogens (tertiary/aromatic N) is 3. The van der Waals surface area contributed by atoms with Crippen LogP contribution in [0.2, 0.25) is 0 Å². The van der Waals surface area contributed by atoms with E-state index < -0.39 is 0 Å². The molecule has 6 nitrogen and oxygen atoms in total. The molecule has 0 N–H and O–H groups in total. The van der Waals surface area contributed by atoms with E-state index in [4.69, 9.17) is 9.26 Å². The zero-order valence-corrected chi connectivity index (χ0v) is 11.6. The van der Waals surface area contributed by atoms with Crippen molar-refractivity contribution in [2.75, 3.05) is 0 Å². The van der Waals surface area contributed by atoms with Gasteiger partial charge in [-0.15, -0.1) is 0 Å². The van der Waals surface area contributed by atoms with Gasteiger partial charge < -0.3 is 9.26 Å². The number of rotatable bonds is 3. The van der Waals surface area contributed by atoms with E-state index in [1.807, 2.05) is 25.1 Å². The molecule has 6 heteroatoms. The van der Waals surface area contributed by atoms with E-state index in [-0.39, 0.29) is 5.69 Å². The Bertz CT molecular complexity index is 826. The van der Waals surface area contributed by atoms with Gasteiger partial charge in [0.2, 0.25) is 0 Å². The second-order valence-electron chi connectivity index (χ2n) is 4.77. The summed E-state index contributed by atoms with van der Waals surface area (Å²) in [5.74, 6) is 0.708. The maximum Gasteiger partial charge on any atom is 0.328 e. The van der Waals surface area contributed by atoms with Crippen molar-refractivity contribution < 1.29 is 9.26 Å². The molecule has 3 aromatic rings. The fourth-order valence-corrected chi connectivity index (χ4v) is 2.19. The van der Waals surface area contributed by atoms with E-state index in [0.717, 1.165) is 22.3 Å². The van der Waals surface area contributed by atoms with E-state index >= 15 is 0 Å². The molecule has 0 amide bonds. The number of aromatic nitrogens is 3. The Morgan fingerprint density at radius 3 is 2.70 bits per heavy atom. The summed E-state index contributed by atoms with van der Waals surface area (Å²) >= 11 is 0. The van der Waals surface area contributed by atoms with Gasteiger partial charge in [-0.3, -0.25) is 9.13 Å². The fraction of sp³-hybridized carbons (Fsp3) is 0.286. The van der Waals surface area contributed by atoms with Crippen LogP contribution in [0.25, 0.3) is 11.0 Å². The first-order valence-electron chi connectivity index (χ1n) is 6.26. The van der Waals surface area contributed by atoms with Gasteiger partial charge in [0, 0.05) is 20.2 Å². The summed E-state index contributed by atoms with van der Waals surface area (Å²) in [6.07, 6.45) is 1.58. The van der Waals surface area contributed by atoms with Crippen LogP contribution in [0.1, 0.15) is 11.3 Å². The molecule has 0 radical (unpaired) electrons. The zero-order chi connectivity index (χ0) is 14.3. The molecular weight excluding hydrogens is 258 g/mol. The molecule has 0 saturated carbocycles. The lowest BCUT2D eigenvalue weighted by Crippen LogP contribution is -2.19. The Morgan fingerprint density at radius 2 is 2.00 bits per heavy atom. The van der Waals surface area contributed by atoms with E-state index in [1.165, 1.54) is 0 Å². The van der Waals surface area contributed by atoms with Gasteiger partial charge >= 0.3 is 5.69 Å². The average Bonchev–Trinajstić information content (AvgIpc) is 2.95. The van der Waals surface area contributed by atoms with Gasteiger partial charge in [0.25, 0.3) is 0 Å². The SMILES string of the molecule is Cc1nocc1COc1ccc2c(c1)n(C)c(=O)n2C. The van der Waals surface area contributed by atoms with Crippen LogP contribution in [0.5, 0.6) is 5.75 Å². The largest absolute Gasteiger partial charge is 0.489 e. The van der Waals surface area contributed by atoms with Gasteiger partial charge in [0.15, 0.2) is 0 Å². The van der Waals surface area contributed by atoms with Crippen molar-refractivity contribution >= 4 is 11.0 Å². The van der Waals surface area contributed by atoms with E-state index in [1.54, 1.807) is 29.5 Å². The summed E-state index contributed by atoms with van der Waals surface area (Å²) in [7, 11) is 3.50. The topological polar surface area (TPSA) is 62.2 Å². The molecule has 1 aromatic carbocycles. The fourth-order valence-electron chi connectivity index (χ4n) is 2.19. The van der Waals surface area contributed by atoms with Gasteiger partial charge in [0.1, 0.15) is 18.6 Å². The van der Waals surface area contributed by atoms with Crippen molar-refractivity contribution in [2.24, 2.45) is 14.1 Å². The number of ether oxygens (including phenoxy) is 1. The van der Waals surface area contributed by atoms with Crippen molar-refractivity contribution in [1.82, 2.24) is 14.3 Å². The predicted molar refractivity (Wildman–Crippen MR) is 73.7 cm³/mol. The van der Waals surface area contributed by atoms with Crippen molar-refractivity contribution in [3.05, 3.63) is 46.2 Å². The standard InChI is InChI=1S/C14H15N3O3/c1-9-10(8-20-15-9)7-19-11-4-5-12-13(6-11)17(3)14(18)16(12)2/h4-6,8H,7H2,1-3H3. The van der Waals surface area contributed by atoms with Crippen molar-refractivity contribution in [2.45, 2.75) is 13.5 Å². The summed E-state index contributed by atoms with van der Waals surface area (Å²) < 4.78 is 13.8. The lowest BCUT2D eigenvalue weighted by molar-refractivity contribution is 0.304. The third-order valence-electron chi connectivity index (χ3n) is 3.49. The molecule has 0 aliphatic heterocycles. The summed E-state index contributed by atoms with van der Waals surface area (Å²) in [4.78, 5) is 11.9. The first-order chi connectivity index (χ1) is 9.58. The van der Waals surface area contributed by atoms with Gasteiger partial charge in [0.05, 0.1) is 22.3 Å². The highest BCUT2D eigenvalue weighted by Gasteiger charge is 2.09. The van der Waals surface area contributed by atoms with Crippen LogP contribution in [0, 0.1) is 6.92 Å². The lowest BCUT2D eigenvalue weighted by Gasteiger charge is -2.05. The average molecular weight is 273 g/mol. The monoisotopic (exact) mass is 273 g/mol. The number of imidazole rings is 1. The molecule has 2 heterocycles. The van der Waals surface area contributed by atoms with E-state index in [9.17, 15) is 4.79 Å². The molecule has 0 bridgehead atoms. The van der Waals surface area contributed by atoms with E-state index in [0.29, 0.717) is 12.4 Å². The van der Waals surface area contributed by atoms with Crippen LogP contribution >= 0.6 is 0 Å². The molecule has 3 rings (SSSR count). The van der Waals surface area contributed by atoms with Crippen LogP contribution in [0.4, 0.5) is 0 Å². The highest BCUT2D eigenvalue weighted by molar-refractivity contribution is 5.77. The molecule has 0 atom stereocenters. The Balaban J connectivity index is 1.92. The van der Waals surface area contributed by atoms with Gasteiger partial charge in [-0.2, -0.15) is 0 Å². The van der Waals surface area contributed by atoms with Gasteiger partial charge in [-0.25, -0.2) is 4.79 Å². The number of hydrogen-bond acceptors (Lipinski definition) is 4. The third-order valence-corrected chi connectivity index (χ3v) is 3.49. The summed E-state index contributed by atoms with van der Waals surface area (Å²) in [5, 5.41) is 3.80. The number of benzene rings is 1. The van der Waals surface area contributed by atoms with Crippen molar-refractivity contribution in [3.63, 3.8) is 0 Å². The Labute approximate surface area is 115 Å². The molecule has 20 heavy (non-hydrogen) atoms. The van der Waals surface area contributed by atoms with Crippen LogP contribution < -0.4 is 10.4 Å². The first-order valence-corrected chi connectivity index (χ1v) is 6.26. The minimum atomic E-state index is -0.0490. The van der Waals surface area contributed by atoms with Crippen LogP contribution in [-0.2, 0) is 20.7 Å². The van der Waals surface area contributed by atoms with Gasteiger partial charge in [-0.05, 0) is 19.1 Å². The minimum absolute atomic E-state index is 0.0490. The maximum absolute atomic E-state index is 11.9. The van der Waals surface area contributed by atoms with E-state index in [2.05, 4.69) is 5.16 Å². The predicted octanol–water partition coefficient (Wildman–Crippen LogP) is 1.75. The molecule has 0 aliphatic carbocycles. The van der Waals surface area contributed by atoms with Gasteiger partial charge in [-0.1, -0.05) is 5.16 Å². The third kappa shape index (κ3) is 1.89. The van der Waals surface area contributed by atoms with Crippen LogP contribution in [0.15, 0.2) is 33.8 Å². The maximum atomic E-state index is 11.9. The Morgan fingerprint density at radius 1 is 1.25 bits per heavy atom. The van der Waals surface area contributed by atoms with Crippen molar-refractivity contribution in [3.8, 4) is 5.75 Å². The quantitative estimate of drug-likeness (QED) is 0.729. The lowest BCUT2D eigenvalue weighted by atomic mass is 10.2. The zero-order valence-electron chi connectivity index (χ0n) is 11.6. The number of fused-ring (bicyclic) bond motifs is 1. The molecule has 0 spiro atoms. The second-order valence-corrected chi connectivity index (χ2v) is 4.77. The summed E-state index contributed by atoms with van der Waals surface area (Å²) in [6.45, 7) is 2.26. The molecule has 0 unspecified atom stereocenters. The molecule has 104 valence electrons. The summed E-state index contributed by atoms with van der Waals surface area (Å²) in [6, 6.07) is 5.59. The minimum Gasteiger partial charge on any atom is -0.489 e. The normalized spacial score (nSPS) is 11.2. The Kier molecular flexibility index (Phi) is 2.85. The van der Waals surface area contributed by atoms with Crippen LogP contribution in [-0.4, -0.2) is 14.3 Å². The first kappa shape index (κ1) is 12.5. The van der Waals surface area contributed by atoms with Crippen LogP contribution in [0.3, 0.4) is 0 Å². The number of hydrogen-bond donors (Lipinski definition) is 0. The molecule has 0 saturated heterocycles. The Hall–Kier alpha value is -2.50. The highest BCUT2D eigenvalue weighted by Crippen LogP contribution is 2.20. The molecule has 0 aliphatic rings. The molecule has 2 aromatic heterocycles. The number of aryl methyl sites for hydroxylation is 3. The highest BCUT2D eigenvalue weighted by atomic mass is 16.5. The molecular formula is C14H15N3O3.